The highest BCUT2D eigenvalue weighted by molar-refractivity contribution is 5.90. The Kier molecular flexibility index (Phi) is 7.43. The molecule has 1 aromatic heterocycles. The van der Waals surface area contributed by atoms with Crippen molar-refractivity contribution in [3.8, 4) is 0 Å². The molecule has 41 heavy (non-hydrogen) atoms. The maximum atomic E-state index is 13.3. The van der Waals surface area contributed by atoms with Crippen LogP contribution in [0.15, 0.2) is 54.6 Å². The molecule has 3 aliphatic rings. The van der Waals surface area contributed by atoms with Gasteiger partial charge in [-0.2, -0.15) is 0 Å². The maximum Gasteiger partial charge on any atom is 0.247 e. The summed E-state index contributed by atoms with van der Waals surface area (Å²) in [5.74, 6) is 0.973. The SMILES string of the molecule is CC(=O)NC(C)(C)C(=O)N1CCC(CCN2[C@@H]3CC[C@H]2C[C@@H](n2c(C)nc4ccccc42)C3)(c2ccccc2)CC1. The summed E-state index contributed by atoms with van der Waals surface area (Å²) in [6, 6.07) is 21.3. The molecule has 0 aliphatic carbocycles. The van der Waals surface area contributed by atoms with Gasteiger partial charge in [-0.15, -0.1) is 0 Å². The first-order valence-electron chi connectivity index (χ1n) is 15.5. The lowest BCUT2D eigenvalue weighted by Gasteiger charge is -2.46. The molecule has 3 atom stereocenters. The lowest BCUT2D eigenvalue weighted by atomic mass is 9.70. The molecule has 3 aromatic rings. The second-order valence-corrected chi connectivity index (χ2v) is 13.3. The van der Waals surface area contributed by atoms with Gasteiger partial charge in [-0.25, -0.2) is 4.98 Å². The molecule has 7 heteroatoms. The quantitative estimate of drug-likeness (QED) is 0.425. The predicted molar refractivity (Wildman–Crippen MR) is 163 cm³/mol. The van der Waals surface area contributed by atoms with Gasteiger partial charge in [0.15, 0.2) is 0 Å². The minimum absolute atomic E-state index is 0.0109. The number of amides is 2. The van der Waals surface area contributed by atoms with E-state index in [0.717, 1.165) is 50.2 Å². The van der Waals surface area contributed by atoms with Crippen molar-refractivity contribution in [3.05, 3.63) is 66.0 Å². The number of fused-ring (bicyclic) bond motifs is 3. The minimum atomic E-state index is -0.888. The van der Waals surface area contributed by atoms with Gasteiger partial charge in [0.1, 0.15) is 11.4 Å². The molecule has 218 valence electrons. The van der Waals surface area contributed by atoms with Crippen LogP contribution in [-0.4, -0.2) is 68.4 Å². The third-order valence-corrected chi connectivity index (χ3v) is 10.3. The Morgan fingerprint density at radius 1 is 0.951 bits per heavy atom. The fraction of sp³-hybridized carbons (Fsp3) is 0.559. The van der Waals surface area contributed by atoms with Crippen LogP contribution < -0.4 is 5.32 Å². The summed E-state index contributed by atoms with van der Waals surface area (Å²) < 4.78 is 2.51. The number of aromatic nitrogens is 2. The van der Waals surface area contributed by atoms with Gasteiger partial charge in [-0.3, -0.25) is 14.5 Å². The molecule has 3 fully saturated rings. The number of carbonyl (C=O) groups is 2. The van der Waals surface area contributed by atoms with Crippen LogP contribution in [0.25, 0.3) is 11.0 Å². The molecule has 0 saturated carbocycles. The summed E-state index contributed by atoms with van der Waals surface area (Å²) in [4.78, 5) is 34.7. The van der Waals surface area contributed by atoms with E-state index in [4.69, 9.17) is 4.98 Å². The first-order chi connectivity index (χ1) is 19.7. The normalized spacial score (nSPS) is 24.5. The smallest absolute Gasteiger partial charge is 0.247 e. The summed E-state index contributed by atoms with van der Waals surface area (Å²) in [6.45, 7) is 9.79. The van der Waals surface area contributed by atoms with Crippen LogP contribution in [0.2, 0.25) is 0 Å². The molecule has 7 nitrogen and oxygen atoms in total. The Labute approximate surface area is 244 Å². The standard InChI is InChI=1S/C34H45N5O2/c1-24-35-30-12-8-9-13-31(30)39(24)29-22-27-14-15-28(23-29)38(27)21-18-34(26-10-6-5-7-11-26)16-19-37(20-17-34)32(41)33(3,4)36-25(2)40/h5-13,27-29H,14-23H2,1-4H3,(H,36,40)/t27-,28+,29+. The number of aryl methyl sites for hydroxylation is 1. The first-order valence-corrected chi connectivity index (χ1v) is 15.5. The topological polar surface area (TPSA) is 70.5 Å². The fourth-order valence-corrected chi connectivity index (χ4v) is 8.29. The number of rotatable bonds is 7. The van der Waals surface area contributed by atoms with E-state index in [2.05, 4.69) is 76.3 Å². The van der Waals surface area contributed by atoms with Gasteiger partial charge in [0, 0.05) is 38.1 Å². The molecule has 2 bridgehead atoms. The number of hydrogen-bond acceptors (Lipinski definition) is 4. The van der Waals surface area contributed by atoms with E-state index in [1.165, 1.54) is 43.7 Å². The van der Waals surface area contributed by atoms with Gasteiger partial charge >= 0.3 is 0 Å². The number of imidazole rings is 1. The Balaban J connectivity index is 1.16. The molecule has 0 spiro atoms. The highest BCUT2D eigenvalue weighted by Gasteiger charge is 2.45. The van der Waals surface area contributed by atoms with Crippen molar-refractivity contribution in [3.63, 3.8) is 0 Å². The Bertz CT molecular complexity index is 1390. The number of piperidine rings is 2. The monoisotopic (exact) mass is 555 g/mol. The van der Waals surface area contributed by atoms with Gasteiger partial charge in [-0.1, -0.05) is 42.5 Å². The maximum absolute atomic E-state index is 13.3. The molecular weight excluding hydrogens is 510 g/mol. The summed E-state index contributed by atoms with van der Waals surface area (Å²) in [6.07, 6.45) is 7.96. The van der Waals surface area contributed by atoms with Gasteiger partial charge in [0.2, 0.25) is 11.8 Å². The Morgan fingerprint density at radius 2 is 1.59 bits per heavy atom. The third-order valence-electron chi connectivity index (χ3n) is 10.3. The second-order valence-electron chi connectivity index (χ2n) is 13.3. The van der Waals surface area contributed by atoms with E-state index in [-0.39, 0.29) is 17.2 Å². The van der Waals surface area contributed by atoms with E-state index in [0.29, 0.717) is 18.1 Å². The van der Waals surface area contributed by atoms with Crippen molar-refractivity contribution in [2.75, 3.05) is 19.6 Å². The van der Waals surface area contributed by atoms with Crippen LogP contribution in [0.3, 0.4) is 0 Å². The number of nitrogens with zero attached hydrogens (tertiary/aromatic N) is 4. The third kappa shape index (κ3) is 5.29. The van der Waals surface area contributed by atoms with E-state index in [1.54, 1.807) is 0 Å². The predicted octanol–water partition coefficient (Wildman–Crippen LogP) is 5.38. The van der Waals surface area contributed by atoms with Crippen molar-refractivity contribution in [1.82, 2.24) is 24.7 Å². The Morgan fingerprint density at radius 3 is 2.24 bits per heavy atom. The molecule has 2 aromatic carbocycles. The van der Waals surface area contributed by atoms with Crippen molar-refractivity contribution in [1.29, 1.82) is 0 Å². The van der Waals surface area contributed by atoms with Gasteiger partial charge in [0.25, 0.3) is 0 Å². The van der Waals surface area contributed by atoms with Crippen LogP contribution in [-0.2, 0) is 15.0 Å². The van der Waals surface area contributed by atoms with Crippen molar-refractivity contribution >= 4 is 22.8 Å². The van der Waals surface area contributed by atoms with Crippen LogP contribution in [0.1, 0.15) is 83.1 Å². The largest absolute Gasteiger partial charge is 0.342 e. The van der Waals surface area contributed by atoms with E-state index in [1.807, 2.05) is 18.7 Å². The van der Waals surface area contributed by atoms with Crippen LogP contribution in [0.5, 0.6) is 0 Å². The number of likely N-dealkylation sites (tertiary alicyclic amines) is 1. The Hall–Kier alpha value is -3.19. The minimum Gasteiger partial charge on any atom is -0.342 e. The average Bonchev–Trinajstić information content (AvgIpc) is 3.42. The summed E-state index contributed by atoms with van der Waals surface area (Å²) in [5.41, 5.74) is 2.95. The van der Waals surface area contributed by atoms with Crippen LogP contribution in [0, 0.1) is 6.92 Å². The van der Waals surface area contributed by atoms with Gasteiger partial charge < -0.3 is 14.8 Å². The molecule has 0 radical (unpaired) electrons. The van der Waals surface area contributed by atoms with E-state index in [9.17, 15) is 9.59 Å². The number of hydrogen-bond donors (Lipinski definition) is 1. The van der Waals surface area contributed by atoms with Crippen molar-refractivity contribution in [2.45, 2.75) is 102 Å². The zero-order valence-electron chi connectivity index (χ0n) is 25.1. The molecular formula is C34H45N5O2. The second kappa shape index (κ2) is 10.9. The highest BCUT2D eigenvalue weighted by Crippen LogP contribution is 2.45. The van der Waals surface area contributed by atoms with Crippen molar-refractivity contribution < 1.29 is 9.59 Å². The first kappa shape index (κ1) is 28.0. The summed E-state index contributed by atoms with van der Waals surface area (Å²) >= 11 is 0. The molecule has 0 unspecified atom stereocenters. The number of benzene rings is 2. The van der Waals surface area contributed by atoms with Crippen LogP contribution in [0.4, 0.5) is 0 Å². The number of nitrogens with one attached hydrogen (secondary N) is 1. The molecule has 3 aliphatic heterocycles. The number of carbonyl (C=O) groups excluding carboxylic acids is 2. The zero-order chi connectivity index (χ0) is 28.8. The molecule has 3 saturated heterocycles. The molecule has 6 rings (SSSR count). The lowest BCUT2D eigenvalue weighted by Crippen LogP contribution is -2.58. The fourth-order valence-electron chi connectivity index (χ4n) is 8.29. The zero-order valence-corrected chi connectivity index (χ0v) is 25.1. The molecule has 4 heterocycles. The lowest BCUT2D eigenvalue weighted by molar-refractivity contribution is -0.141. The van der Waals surface area contributed by atoms with Gasteiger partial charge in [0.05, 0.1) is 11.0 Å². The van der Waals surface area contributed by atoms with Crippen LogP contribution >= 0.6 is 0 Å². The highest BCUT2D eigenvalue weighted by atomic mass is 16.2. The molecule has 2 amide bonds. The average molecular weight is 556 g/mol. The van der Waals surface area contributed by atoms with E-state index < -0.39 is 5.54 Å². The molecule has 1 N–H and O–H groups in total. The number of para-hydroxylation sites is 2. The summed E-state index contributed by atoms with van der Waals surface area (Å²) in [7, 11) is 0. The van der Waals surface area contributed by atoms with Crippen molar-refractivity contribution in [2.24, 2.45) is 0 Å². The summed E-state index contributed by atoms with van der Waals surface area (Å²) in [5, 5.41) is 2.84. The van der Waals surface area contributed by atoms with E-state index >= 15 is 0 Å². The van der Waals surface area contributed by atoms with Gasteiger partial charge in [-0.05, 0) is 95.4 Å².